The van der Waals surface area contributed by atoms with Crippen molar-refractivity contribution in [1.82, 2.24) is 30.4 Å². The fourth-order valence-electron chi connectivity index (χ4n) is 9.98. The summed E-state index contributed by atoms with van der Waals surface area (Å²) in [5.74, 6) is 0.403. The van der Waals surface area contributed by atoms with Crippen LogP contribution in [0.5, 0.6) is 11.8 Å². The zero-order chi connectivity index (χ0) is 37.9. The van der Waals surface area contributed by atoms with Gasteiger partial charge in [-0.2, -0.15) is 9.97 Å². The van der Waals surface area contributed by atoms with E-state index in [2.05, 4.69) is 20.4 Å². The number of hydrogen-bond donors (Lipinski definition) is 2. The first-order valence-electron chi connectivity index (χ1n) is 19.9. The van der Waals surface area contributed by atoms with Gasteiger partial charge in [-0.25, -0.2) is 18.4 Å². The fourth-order valence-corrected chi connectivity index (χ4v) is 9.98. The Kier molecular flexibility index (Phi) is 9.17. The second-order valence-corrected chi connectivity index (χ2v) is 16.1. The molecule has 4 amide bonds. The number of likely N-dealkylation sites (tertiary alicyclic amines) is 1. The number of imide groups is 1. The number of ether oxygens (including phenoxy) is 2. The molecule has 0 unspecified atom stereocenters. The average Bonchev–Trinajstić information content (AvgIpc) is 3.81. The van der Waals surface area contributed by atoms with Crippen molar-refractivity contribution in [3.63, 3.8) is 0 Å². The van der Waals surface area contributed by atoms with Gasteiger partial charge in [0.1, 0.15) is 35.7 Å². The van der Waals surface area contributed by atoms with Crippen LogP contribution in [0.1, 0.15) is 75.1 Å². The van der Waals surface area contributed by atoms with Gasteiger partial charge in [-0.05, 0) is 87.4 Å². The number of carbonyl (C=O) groups excluding carboxylic acids is 3. The van der Waals surface area contributed by atoms with E-state index in [0.717, 1.165) is 66.4 Å². The van der Waals surface area contributed by atoms with Gasteiger partial charge < -0.3 is 29.5 Å². The average molecular weight is 759 g/mol. The monoisotopic (exact) mass is 758 g/mol. The maximum Gasteiger partial charge on any atom is 0.415 e. The molecule has 0 radical (unpaired) electrons. The number of aromatic nitrogens is 2. The van der Waals surface area contributed by atoms with E-state index in [1.54, 1.807) is 11.0 Å². The molecule has 5 saturated heterocycles. The minimum absolute atomic E-state index is 0.174. The van der Waals surface area contributed by atoms with Crippen molar-refractivity contribution in [2.45, 2.75) is 94.9 Å². The highest BCUT2D eigenvalue weighted by Crippen LogP contribution is 2.42. The molecule has 0 aliphatic carbocycles. The summed E-state index contributed by atoms with van der Waals surface area (Å²) in [5.41, 5.74) is 1.49. The highest BCUT2D eigenvalue weighted by molar-refractivity contribution is 6.07. The molecule has 9 rings (SSSR count). The zero-order valence-corrected chi connectivity index (χ0v) is 31.3. The van der Waals surface area contributed by atoms with Gasteiger partial charge in [0, 0.05) is 61.8 Å². The minimum Gasteiger partial charge on any atom is -0.461 e. The second-order valence-electron chi connectivity index (χ2n) is 16.1. The van der Waals surface area contributed by atoms with E-state index in [9.17, 15) is 18.8 Å². The quantitative estimate of drug-likeness (QED) is 0.317. The van der Waals surface area contributed by atoms with Crippen LogP contribution >= 0.6 is 0 Å². The number of halogens is 2. The number of amides is 4. The molecule has 1 spiro atoms. The van der Waals surface area contributed by atoms with Crippen LogP contribution in [-0.2, 0) is 24.2 Å². The highest BCUT2D eigenvalue weighted by atomic mass is 19.1. The minimum atomic E-state index is -1.07. The molecule has 15 heteroatoms. The molecule has 5 fully saturated rings. The Hall–Kier alpha value is -4.79. The number of fused-ring (bicyclic) bond motifs is 3. The SMILES string of the molecule is CCc1c(F)ccc2cc(OC(=O)N3CCCCC3)cc(N3CCc4c(nc(OC[C@@]56CCCN5C[C@H](F)C6)nc4N4CCC[C@]5(C4)NC(=O)NC5=O)C3)c12. The molecule has 13 nitrogen and oxygen atoms in total. The van der Waals surface area contributed by atoms with Gasteiger partial charge in [-0.1, -0.05) is 13.0 Å². The third-order valence-corrected chi connectivity index (χ3v) is 12.7. The Balaban J connectivity index is 1.08. The number of alkyl halides is 1. The van der Waals surface area contributed by atoms with Crippen LogP contribution in [0, 0.1) is 5.82 Å². The maximum atomic E-state index is 15.4. The molecular weight excluding hydrogens is 710 g/mol. The van der Waals surface area contributed by atoms with Gasteiger partial charge in [0.2, 0.25) is 0 Å². The first kappa shape index (κ1) is 35.9. The number of nitrogens with zero attached hydrogens (tertiary/aromatic N) is 6. The largest absolute Gasteiger partial charge is 0.461 e. The molecule has 1 aromatic heterocycles. The van der Waals surface area contributed by atoms with Crippen LogP contribution in [0.4, 0.5) is 29.9 Å². The number of nitrogens with one attached hydrogen (secondary N) is 2. The molecule has 55 heavy (non-hydrogen) atoms. The Morgan fingerprint density at radius 2 is 1.84 bits per heavy atom. The van der Waals surface area contributed by atoms with E-state index in [0.29, 0.717) is 88.5 Å². The fraction of sp³-hybridized carbons (Fsp3) is 0.575. The first-order valence-corrected chi connectivity index (χ1v) is 19.9. The van der Waals surface area contributed by atoms with Crippen molar-refractivity contribution >= 4 is 40.3 Å². The molecule has 7 heterocycles. The summed E-state index contributed by atoms with van der Waals surface area (Å²) in [4.78, 5) is 56.7. The third-order valence-electron chi connectivity index (χ3n) is 12.7. The van der Waals surface area contributed by atoms with Crippen molar-refractivity contribution < 1.29 is 32.6 Å². The van der Waals surface area contributed by atoms with Crippen LogP contribution in [0.15, 0.2) is 24.3 Å². The van der Waals surface area contributed by atoms with Crippen LogP contribution in [-0.4, -0.2) is 107 Å². The van der Waals surface area contributed by atoms with Crippen molar-refractivity contribution in [1.29, 1.82) is 0 Å². The number of rotatable bonds is 7. The molecule has 6 aliphatic heterocycles. The Morgan fingerprint density at radius 1 is 1.00 bits per heavy atom. The predicted octanol–water partition coefficient (Wildman–Crippen LogP) is 5.01. The molecule has 3 aromatic rings. The Morgan fingerprint density at radius 3 is 2.64 bits per heavy atom. The van der Waals surface area contributed by atoms with Crippen molar-refractivity contribution in [3.8, 4) is 11.8 Å². The van der Waals surface area contributed by atoms with E-state index in [1.165, 1.54) is 6.07 Å². The van der Waals surface area contributed by atoms with Crippen molar-refractivity contribution in [2.75, 3.05) is 62.2 Å². The summed E-state index contributed by atoms with van der Waals surface area (Å²) in [7, 11) is 0. The molecule has 2 N–H and O–H groups in total. The van der Waals surface area contributed by atoms with Gasteiger partial charge in [0.05, 0.1) is 24.3 Å². The first-order chi connectivity index (χ1) is 26.6. The third kappa shape index (κ3) is 6.47. The highest BCUT2D eigenvalue weighted by Gasteiger charge is 2.51. The summed E-state index contributed by atoms with van der Waals surface area (Å²) in [6.45, 7) is 6.46. The van der Waals surface area contributed by atoms with Gasteiger partial charge in [-0.15, -0.1) is 0 Å². The molecule has 0 bridgehead atoms. The lowest BCUT2D eigenvalue weighted by molar-refractivity contribution is -0.124. The smallest absolute Gasteiger partial charge is 0.415 e. The van der Waals surface area contributed by atoms with Gasteiger partial charge in [0.25, 0.3) is 5.91 Å². The van der Waals surface area contributed by atoms with E-state index in [4.69, 9.17) is 19.4 Å². The predicted molar refractivity (Wildman–Crippen MR) is 201 cm³/mol. The molecule has 0 saturated carbocycles. The van der Waals surface area contributed by atoms with Crippen LogP contribution < -0.4 is 29.9 Å². The number of benzene rings is 2. The van der Waals surface area contributed by atoms with Crippen LogP contribution in [0.25, 0.3) is 10.8 Å². The standard InChI is InChI=1S/C40H48F2N8O5/c1-2-28-30(42)9-8-25-18-27(55-38(53)47-13-4-3-5-14-47)19-32(33(25)28)48-17-10-29-31(22-48)43-37(54-24-39-11-6-16-50(39)21-26(41)20-39)44-34(29)49-15-7-12-40(23-49)35(51)45-36(52)46-40/h8-9,18-19,26H,2-7,10-17,20-24H2,1H3,(H2,45,46,51,52)/t26-,39+,40-/m1/s1. The van der Waals surface area contributed by atoms with Crippen LogP contribution in [0.3, 0.4) is 0 Å². The number of hydrogen-bond acceptors (Lipinski definition) is 10. The summed E-state index contributed by atoms with van der Waals surface area (Å²) in [5, 5.41) is 6.81. The number of carbonyl (C=O) groups is 3. The van der Waals surface area contributed by atoms with Crippen molar-refractivity contribution in [3.05, 3.63) is 46.9 Å². The molecule has 292 valence electrons. The summed E-state index contributed by atoms with van der Waals surface area (Å²) in [6.07, 6.45) is 6.07. The van der Waals surface area contributed by atoms with Gasteiger partial charge >= 0.3 is 18.1 Å². The summed E-state index contributed by atoms with van der Waals surface area (Å²) in [6, 6.07) is 6.52. The number of aryl methyl sites for hydroxylation is 1. The van der Waals surface area contributed by atoms with E-state index in [-0.39, 0.29) is 37.0 Å². The topological polar surface area (TPSA) is 132 Å². The van der Waals surface area contributed by atoms with E-state index in [1.807, 2.05) is 24.0 Å². The van der Waals surface area contributed by atoms with Crippen molar-refractivity contribution in [2.24, 2.45) is 0 Å². The summed E-state index contributed by atoms with van der Waals surface area (Å²) < 4.78 is 42.6. The van der Waals surface area contributed by atoms with E-state index >= 15 is 4.39 Å². The Labute approximate surface area is 318 Å². The Bertz CT molecular complexity index is 2050. The molecule has 2 aromatic carbocycles. The lowest BCUT2D eigenvalue weighted by atomic mass is 9.88. The van der Waals surface area contributed by atoms with Gasteiger partial charge in [0.15, 0.2) is 0 Å². The number of piperidine rings is 2. The normalized spacial score (nSPS) is 26.7. The van der Waals surface area contributed by atoms with Gasteiger partial charge in [-0.3, -0.25) is 15.0 Å². The molecule has 3 atom stereocenters. The van der Waals surface area contributed by atoms with Crippen LogP contribution in [0.2, 0.25) is 0 Å². The number of anilines is 2. The lowest BCUT2D eigenvalue weighted by Gasteiger charge is -2.40. The summed E-state index contributed by atoms with van der Waals surface area (Å²) >= 11 is 0. The second kappa shape index (κ2) is 14.1. The molecular formula is C40H48F2N8O5. The zero-order valence-electron chi connectivity index (χ0n) is 31.3. The maximum absolute atomic E-state index is 15.4. The lowest BCUT2D eigenvalue weighted by Crippen LogP contribution is -2.59. The number of urea groups is 1. The molecule has 6 aliphatic rings. The van der Waals surface area contributed by atoms with E-state index < -0.39 is 23.3 Å².